The molecular weight excluding hydrogens is 146 g/mol. The number of rotatable bonds is 0. The van der Waals surface area contributed by atoms with Gasteiger partial charge in [-0.05, 0) is 0 Å². The number of nitrogens with two attached hydrogens (primary N) is 1. The second-order valence-corrected chi connectivity index (χ2v) is 2.25. The van der Waals surface area contributed by atoms with Crippen molar-refractivity contribution in [3.05, 3.63) is 11.3 Å². The van der Waals surface area contributed by atoms with Gasteiger partial charge in [-0.25, -0.2) is 4.79 Å². The molecule has 0 aromatic rings. The lowest BCUT2D eigenvalue weighted by Crippen LogP contribution is -2.28. The first-order valence-electron chi connectivity index (χ1n) is 3.00. The summed E-state index contributed by atoms with van der Waals surface area (Å²) in [5.41, 5.74) is 6.08. The summed E-state index contributed by atoms with van der Waals surface area (Å²) in [4.78, 5) is 11.4. The normalized spacial score (nSPS) is 16.8. The van der Waals surface area contributed by atoms with Crippen LogP contribution in [-0.4, -0.2) is 29.2 Å². The first-order valence-corrected chi connectivity index (χ1v) is 3.00. The van der Waals surface area contributed by atoms with E-state index in [1.165, 1.54) is 0 Å². The summed E-state index contributed by atoms with van der Waals surface area (Å²) in [6.45, 7) is 0.274. The fourth-order valence-corrected chi connectivity index (χ4v) is 0.892. The molecule has 5 heteroatoms. The Morgan fingerprint density at radius 3 is 2.64 bits per heavy atom. The van der Waals surface area contributed by atoms with Crippen LogP contribution < -0.4 is 5.73 Å². The molecule has 1 amide bonds. The van der Waals surface area contributed by atoms with Crippen LogP contribution in [0, 0.1) is 11.3 Å². The average molecular weight is 153 g/mol. The Balaban J connectivity index is 2.70. The van der Waals surface area contributed by atoms with Gasteiger partial charge in [-0.15, -0.1) is 0 Å². The first-order chi connectivity index (χ1) is 5.15. The van der Waals surface area contributed by atoms with E-state index in [4.69, 9.17) is 16.1 Å². The Morgan fingerprint density at radius 1 is 1.73 bits per heavy atom. The minimum Gasteiger partial charge on any atom is -0.465 e. The summed E-state index contributed by atoms with van der Waals surface area (Å²) in [5, 5.41) is 16.9. The van der Waals surface area contributed by atoms with Gasteiger partial charge >= 0.3 is 6.09 Å². The maximum Gasteiger partial charge on any atom is 0.407 e. The molecule has 0 aromatic carbocycles. The van der Waals surface area contributed by atoms with Crippen molar-refractivity contribution >= 4 is 6.09 Å². The van der Waals surface area contributed by atoms with Gasteiger partial charge in [0.05, 0.1) is 24.7 Å². The molecule has 1 aliphatic heterocycles. The zero-order valence-electron chi connectivity index (χ0n) is 5.74. The van der Waals surface area contributed by atoms with Gasteiger partial charge in [0.15, 0.2) is 0 Å². The van der Waals surface area contributed by atoms with Crippen LogP contribution in [0.2, 0.25) is 0 Å². The Hall–Kier alpha value is -1.70. The van der Waals surface area contributed by atoms with Gasteiger partial charge in [-0.1, -0.05) is 0 Å². The van der Waals surface area contributed by atoms with E-state index in [2.05, 4.69) is 0 Å². The molecule has 0 saturated carbocycles. The van der Waals surface area contributed by atoms with Crippen molar-refractivity contribution in [2.45, 2.75) is 0 Å². The van der Waals surface area contributed by atoms with E-state index in [0.29, 0.717) is 11.3 Å². The number of carbonyl (C=O) groups is 1. The molecule has 0 saturated heterocycles. The fraction of sp³-hybridized carbons (Fsp3) is 0.333. The maximum absolute atomic E-state index is 10.3. The summed E-state index contributed by atoms with van der Waals surface area (Å²) in [5.74, 6) is 0. The summed E-state index contributed by atoms with van der Waals surface area (Å²) >= 11 is 0. The quantitative estimate of drug-likeness (QED) is 0.500. The third-order valence-corrected chi connectivity index (χ3v) is 1.50. The molecule has 0 atom stereocenters. The van der Waals surface area contributed by atoms with Crippen LogP contribution in [0.15, 0.2) is 11.3 Å². The van der Waals surface area contributed by atoms with Gasteiger partial charge < -0.3 is 10.8 Å². The monoisotopic (exact) mass is 153 g/mol. The number of hydrogen-bond donors (Lipinski definition) is 2. The molecule has 1 aliphatic rings. The molecule has 0 aliphatic carbocycles. The molecule has 0 radical (unpaired) electrons. The topological polar surface area (TPSA) is 90.4 Å². The lowest BCUT2D eigenvalue weighted by molar-refractivity contribution is 0.157. The largest absolute Gasteiger partial charge is 0.465 e. The van der Waals surface area contributed by atoms with Crippen LogP contribution in [-0.2, 0) is 0 Å². The van der Waals surface area contributed by atoms with E-state index < -0.39 is 6.09 Å². The van der Waals surface area contributed by atoms with Crippen molar-refractivity contribution in [3.8, 4) is 6.07 Å². The number of carboxylic acid groups (broad SMARTS) is 1. The highest BCUT2D eigenvalue weighted by Crippen LogP contribution is 2.11. The van der Waals surface area contributed by atoms with Crippen molar-refractivity contribution in [2.75, 3.05) is 13.1 Å². The van der Waals surface area contributed by atoms with E-state index in [1.54, 1.807) is 0 Å². The van der Waals surface area contributed by atoms with Gasteiger partial charge in [0, 0.05) is 5.70 Å². The summed E-state index contributed by atoms with van der Waals surface area (Å²) in [7, 11) is 0. The van der Waals surface area contributed by atoms with Crippen LogP contribution in [0.5, 0.6) is 0 Å². The summed E-state index contributed by atoms with van der Waals surface area (Å²) in [6, 6.07) is 1.85. The standard InChI is InChI=1S/C6H7N3O2/c7-1-4-2-9(6(10)11)3-5(4)8/h2-3,8H2,(H,10,11). The van der Waals surface area contributed by atoms with Crippen LogP contribution in [0.3, 0.4) is 0 Å². The molecule has 11 heavy (non-hydrogen) atoms. The molecule has 0 unspecified atom stereocenters. The van der Waals surface area contributed by atoms with Crippen LogP contribution in [0.1, 0.15) is 0 Å². The van der Waals surface area contributed by atoms with E-state index in [9.17, 15) is 4.79 Å². The van der Waals surface area contributed by atoms with E-state index >= 15 is 0 Å². The average Bonchev–Trinajstić information content (AvgIpc) is 2.31. The summed E-state index contributed by atoms with van der Waals surface area (Å²) in [6.07, 6.45) is -1.04. The fourth-order valence-electron chi connectivity index (χ4n) is 0.892. The second kappa shape index (κ2) is 2.50. The van der Waals surface area contributed by atoms with Gasteiger partial charge in [-0.3, -0.25) is 4.90 Å². The Kier molecular flexibility index (Phi) is 1.68. The minimum atomic E-state index is -1.04. The predicted molar refractivity (Wildman–Crippen MR) is 36.4 cm³/mol. The van der Waals surface area contributed by atoms with E-state index in [1.807, 2.05) is 6.07 Å². The highest BCUT2D eigenvalue weighted by atomic mass is 16.4. The predicted octanol–water partition coefficient (Wildman–Crippen LogP) is -0.284. The number of amides is 1. The van der Waals surface area contributed by atoms with Crippen molar-refractivity contribution < 1.29 is 9.90 Å². The van der Waals surface area contributed by atoms with E-state index in [-0.39, 0.29) is 13.1 Å². The lowest BCUT2D eigenvalue weighted by atomic mass is 10.3. The van der Waals surface area contributed by atoms with Crippen molar-refractivity contribution in [3.63, 3.8) is 0 Å². The van der Waals surface area contributed by atoms with E-state index in [0.717, 1.165) is 4.90 Å². The third kappa shape index (κ3) is 1.24. The van der Waals surface area contributed by atoms with Crippen LogP contribution in [0.4, 0.5) is 4.79 Å². The molecule has 5 nitrogen and oxygen atoms in total. The van der Waals surface area contributed by atoms with Gasteiger partial charge in [0.2, 0.25) is 0 Å². The molecule has 0 aromatic heterocycles. The Morgan fingerprint density at radius 2 is 2.36 bits per heavy atom. The molecule has 0 fully saturated rings. The molecule has 1 heterocycles. The van der Waals surface area contributed by atoms with Gasteiger partial charge in [0.1, 0.15) is 0 Å². The molecule has 0 bridgehead atoms. The zero-order valence-corrected chi connectivity index (χ0v) is 5.74. The van der Waals surface area contributed by atoms with Crippen molar-refractivity contribution in [2.24, 2.45) is 5.73 Å². The number of nitrogens with zero attached hydrogens (tertiary/aromatic N) is 2. The molecule has 1 rings (SSSR count). The number of hydrogen-bond acceptors (Lipinski definition) is 3. The third-order valence-electron chi connectivity index (χ3n) is 1.50. The van der Waals surface area contributed by atoms with Crippen molar-refractivity contribution in [1.29, 1.82) is 5.26 Å². The number of nitriles is 1. The second-order valence-electron chi connectivity index (χ2n) is 2.25. The Labute approximate surface area is 63.3 Å². The Bertz CT molecular complexity index is 263. The summed E-state index contributed by atoms with van der Waals surface area (Å²) < 4.78 is 0. The molecule has 3 N–H and O–H groups in total. The maximum atomic E-state index is 10.3. The smallest absolute Gasteiger partial charge is 0.407 e. The van der Waals surface area contributed by atoms with Crippen LogP contribution >= 0.6 is 0 Å². The van der Waals surface area contributed by atoms with Gasteiger partial charge in [0.25, 0.3) is 0 Å². The van der Waals surface area contributed by atoms with Gasteiger partial charge in [-0.2, -0.15) is 5.26 Å². The molecule has 0 spiro atoms. The van der Waals surface area contributed by atoms with Crippen LogP contribution in [0.25, 0.3) is 0 Å². The first kappa shape index (κ1) is 7.41. The SMILES string of the molecule is N#CC1=C(N)CN(C(=O)O)C1. The molecule has 58 valence electrons. The van der Waals surface area contributed by atoms with Crippen molar-refractivity contribution in [1.82, 2.24) is 4.90 Å². The minimum absolute atomic E-state index is 0.123. The highest BCUT2D eigenvalue weighted by Gasteiger charge is 2.23. The highest BCUT2D eigenvalue weighted by molar-refractivity contribution is 5.67. The zero-order chi connectivity index (χ0) is 8.43. The molecular formula is C6H7N3O2. The lowest BCUT2D eigenvalue weighted by Gasteiger charge is -2.09.